The van der Waals surface area contributed by atoms with Crippen LogP contribution >= 0.6 is 0 Å². The van der Waals surface area contributed by atoms with Gasteiger partial charge >= 0.3 is 12.0 Å². The van der Waals surface area contributed by atoms with Crippen LogP contribution in [0.5, 0.6) is 6.01 Å². The van der Waals surface area contributed by atoms with Gasteiger partial charge in [0.15, 0.2) is 0 Å². The fourth-order valence-electron chi connectivity index (χ4n) is 2.19. The molecule has 1 aromatic carbocycles. The number of anilines is 1. The zero-order valence-corrected chi connectivity index (χ0v) is 11.6. The molecule has 7 nitrogen and oxygen atoms in total. The minimum atomic E-state index is -1.04. The van der Waals surface area contributed by atoms with E-state index in [1.54, 1.807) is 10.8 Å². The Bertz CT molecular complexity index is 718. The van der Waals surface area contributed by atoms with Gasteiger partial charge in [0.25, 0.3) is 0 Å². The Kier molecular flexibility index (Phi) is 3.09. The van der Waals surface area contributed by atoms with Crippen LogP contribution in [0.15, 0.2) is 36.0 Å². The third kappa shape index (κ3) is 2.33. The molecule has 0 fully saturated rings. The minimum Gasteiger partial charge on any atom is -0.477 e. The Balaban J connectivity index is 2.10. The molecule has 0 radical (unpaired) electrons. The molecule has 1 aliphatic rings. The molecule has 1 atom stereocenters. The smallest absolute Gasteiger partial charge is 0.352 e. The molecule has 3 rings (SSSR count). The topological polar surface area (TPSA) is 89.3 Å². The second-order valence-corrected chi connectivity index (χ2v) is 4.73. The second kappa shape index (κ2) is 4.93. The molecule has 7 heteroatoms. The van der Waals surface area contributed by atoms with Crippen molar-refractivity contribution in [2.45, 2.75) is 13.0 Å². The van der Waals surface area contributed by atoms with Crippen molar-refractivity contribution in [3.63, 3.8) is 0 Å². The van der Waals surface area contributed by atoms with Gasteiger partial charge in [0, 0.05) is 0 Å². The van der Waals surface area contributed by atoms with E-state index >= 15 is 0 Å². The molecule has 1 aromatic heterocycles. The van der Waals surface area contributed by atoms with E-state index in [0.29, 0.717) is 5.95 Å². The van der Waals surface area contributed by atoms with Crippen LogP contribution in [0.3, 0.4) is 0 Å². The first-order valence-corrected chi connectivity index (χ1v) is 6.37. The molecule has 0 saturated carbocycles. The highest BCUT2D eigenvalue weighted by Gasteiger charge is 2.27. The van der Waals surface area contributed by atoms with Crippen molar-refractivity contribution >= 4 is 11.9 Å². The lowest BCUT2D eigenvalue weighted by molar-refractivity contribution is -0.132. The predicted molar refractivity (Wildman–Crippen MR) is 75.2 cm³/mol. The summed E-state index contributed by atoms with van der Waals surface area (Å²) in [5.74, 6) is -0.697. The maximum atomic E-state index is 11.3. The van der Waals surface area contributed by atoms with E-state index in [1.807, 2.05) is 31.2 Å². The molecule has 2 aromatic rings. The number of aryl methyl sites for hydroxylation is 1. The number of hydrogen-bond acceptors (Lipinski definition) is 5. The van der Waals surface area contributed by atoms with Crippen molar-refractivity contribution < 1.29 is 14.6 Å². The van der Waals surface area contributed by atoms with Gasteiger partial charge in [-0.2, -0.15) is 4.98 Å². The highest BCUT2D eigenvalue weighted by atomic mass is 16.5. The Labute approximate surface area is 120 Å². The van der Waals surface area contributed by atoms with Gasteiger partial charge in [-0.25, -0.2) is 9.48 Å². The molecular formula is C14H14N4O3. The largest absolute Gasteiger partial charge is 0.477 e. The van der Waals surface area contributed by atoms with E-state index in [0.717, 1.165) is 11.1 Å². The summed E-state index contributed by atoms with van der Waals surface area (Å²) in [4.78, 5) is 15.4. The van der Waals surface area contributed by atoms with E-state index in [2.05, 4.69) is 15.4 Å². The van der Waals surface area contributed by atoms with Crippen molar-refractivity contribution in [3.05, 3.63) is 47.2 Å². The van der Waals surface area contributed by atoms with Gasteiger partial charge in [-0.05, 0) is 18.6 Å². The second-order valence-electron chi connectivity index (χ2n) is 4.73. The van der Waals surface area contributed by atoms with Crippen molar-refractivity contribution in [2.75, 3.05) is 12.4 Å². The highest BCUT2D eigenvalue weighted by Crippen LogP contribution is 2.30. The standard InChI is InChI=1S/C14H14N4O3/c1-8-3-5-9(6-4-8)11-7-10(12(19)20)15-13-16-14(21-2)17-18(11)13/h3-7,11H,1-2H3,(H,19,20)(H,15,16,17). The summed E-state index contributed by atoms with van der Waals surface area (Å²) in [6, 6.07) is 7.68. The number of nitrogens with zero attached hydrogens (tertiary/aromatic N) is 3. The number of aliphatic carboxylic acids is 1. The number of rotatable bonds is 3. The fraction of sp³-hybridized carbons (Fsp3) is 0.214. The molecule has 2 N–H and O–H groups in total. The van der Waals surface area contributed by atoms with Gasteiger partial charge in [0.05, 0.1) is 7.11 Å². The average Bonchev–Trinajstić information content (AvgIpc) is 2.90. The summed E-state index contributed by atoms with van der Waals surface area (Å²) in [6.07, 6.45) is 1.61. The molecule has 21 heavy (non-hydrogen) atoms. The number of ether oxygens (including phenoxy) is 1. The Morgan fingerprint density at radius 1 is 1.38 bits per heavy atom. The first-order chi connectivity index (χ1) is 10.1. The zero-order valence-electron chi connectivity index (χ0n) is 11.6. The Hall–Kier alpha value is -2.83. The van der Waals surface area contributed by atoms with Crippen molar-refractivity contribution in [3.8, 4) is 6.01 Å². The van der Waals surface area contributed by atoms with E-state index in [-0.39, 0.29) is 17.7 Å². The molecule has 108 valence electrons. The lowest BCUT2D eigenvalue weighted by Crippen LogP contribution is -2.24. The Morgan fingerprint density at radius 3 is 2.71 bits per heavy atom. The maximum Gasteiger partial charge on any atom is 0.352 e. The number of aromatic nitrogens is 3. The summed E-state index contributed by atoms with van der Waals surface area (Å²) < 4.78 is 6.62. The van der Waals surface area contributed by atoms with Gasteiger partial charge < -0.3 is 15.2 Å². The molecule has 0 amide bonds. The van der Waals surface area contributed by atoms with Crippen LogP contribution in [0.4, 0.5) is 5.95 Å². The number of hydrogen-bond donors (Lipinski definition) is 2. The Morgan fingerprint density at radius 2 is 2.10 bits per heavy atom. The molecule has 0 spiro atoms. The summed E-state index contributed by atoms with van der Waals surface area (Å²) in [5, 5.41) is 16.2. The summed E-state index contributed by atoms with van der Waals surface area (Å²) in [6.45, 7) is 1.99. The predicted octanol–water partition coefficient (Wildman–Crippen LogP) is 1.58. The molecule has 1 aliphatic heterocycles. The SMILES string of the molecule is COc1nc2n(n1)C(c1ccc(C)cc1)C=C(C(=O)O)N2. The maximum absolute atomic E-state index is 11.3. The van der Waals surface area contributed by atoms with Crippen LogP contribution in [0.2, 0.25) is 0 Å². The van der Waals surface area contributed by atoms with Crippen LogP contribution in [0.1, 0.15) is 17.2 Å². The number of nitrogens with one attached hydrogen (secondary N) is 1. The third-order valence-corrected chi connectivity index (χ3v) is 3.28. The van der Waals surface area contributed by atoms with E-state index in [9.17, 15) is 9.90 Å². The van der Waals surface area contributed by atoms with Crippen LogP contribution in [0.25, 0.3) is 0 Å². The van der Waals surface area contributed by atoms with E-state index in [1.165, 1.54) is 7.11 Å². The van der Waals surface area contributed by atoms with Gasteiger partial charge in [0.2, 0.25) is 5.95 Å². The minimum absolute atomic E-state index is 0.0723. The fourth-order valence-corrected chi connectivity index (χ4v) is 2.19. The number of benzene rings is 1. The number of carbonyl (C=O) groups is 1. The van der Waals surface area contributed by atoms with Crippen LogP contribution in [0, 0.1) is 6.92 Å². The van der Waals surface area contributed by atoms with Gasteiger partial charge in [-0.1, -0.05) is 29.8 Å². The van der Waals surface area contributed by atoms with Crippen molar-refractivity contribution in [2.24, 2.45) is 0 Å². The lowest BCUT2D eigenvalue weighted by atomic mass is 10.0. The summed E-state index contributed by atoms with van der Waals surface area (Å²) in [7, 11) is 1.47. The number of fused-ring (bicyclic) bond motifs is 1. The molecule has 2 heterocycles. The van der Waals surface area contributed by atoms with Gasteiger partial charge in [0.1, 0.15) is 11.7 Å². The molecule has 0 bridgehead atoms. The first kappa shape index (κ1) is 13.2. The number of allylic oxidation sites excluding steroid dienone is 1. The van der Waals surface area contributed by atoms with Crippen molar-refractivity contribution in [1.82, 2.24) is 14.8 Å². The molecule has 1 unspecified atom stereocenters. The highest BCUT2D eigenvalue weighted by molar-refractivity contribution is 5.90. The molecule has 0 saturated heterocycles. The lowest BCUT2D eigenvalue weighted by Gasteiger charge is -2.22. The number of methoxy groups -OCH3 is 1. The van der Waals surface area contributed by atoms with Crippen LogP contribution < -0.4 is 10.1 Å². The first-order valence-electron chi connectivity index (χ1n) is 6.37. The molecule has 0 aliphatic carbocycles. The van der Waals surface area contributed by atoms with Gasteiger partial charge in [-0.3, -0.25) is 0 Å². The van der Waals surface area contributed by atoms with Crippen LogP contribution in [-0.2, 0) is 4.79 Å². The van der Waals surface area contributed by atoms with E-state index < -0.39 is 5.97 Å². The normalized spacial score (nSPS) is 16.7. The van der Waals surface area contributed by atoms with Crippen molar-refractivity contribution in [1.29, 1.82) is 0 Å². The summed E-state index contributed by atoms with van der Waals surface area (Å²) in [5.41, 5.74) is 2.13. The van der Waals surface area contributed by atoms with Gasteiger partial charge in [-0.15, -0.1) is 5.10 Å². The summed E-state index contributed by atoms with van der Waals surface area (Å²) >= 11 is 0. The zero-order chi connectivity index (χ0) is 15.0. The average molecular weight is 286 g/mol. The third-order valence-electron chi connectivity index (χ3n) is 3.28. The number of carboxylic acids is 1. The molecular weight excluding hydrogens is 272 g/mol. The van der Waals surface area contributed by atoms with Crippen LogP contribution in [-0.4, -0.2) is 33.0 Å². The quantitative estimate of drug-likeness (QED) is 0.890. The number of carboxylic acid groups (broad SMARTS) is 1. The van der Waals surface area contributed by atoms with E-state index in [4.69, 9.17) is 4.74 Å². The monoisotopic (exact) mass is 286 g/mol.